The molecule has 0 amide bonds. The van der Waals surface area contributed by atoms with Gasteiger partial charge in [-0.1, -0.05) is 18.2 Å². The van der Waals surface area contributed by atoms with E-state index < -0.39 is 0 Å². The molecule has 0 unspecified atom stereocenters. The van der Waals surface area contributed by atoms with Crippen LogP contribution in [-0.4, -0.2) is 67.3 Å². The van der Waals surface area contributed by atoms with Gasteiger partial charge in [0.05, 0.1) is 42.3 Å². The van der Waals surface area contributed by atoms with E-state index in [4.69, 9.17) is 24.2 Å². The van der Waals surface area contributed by atoms with E-state index in [1.54, 1.807) is 25.6 Å². The molecule has 4 heterocycles. The summed E-state index contributed by atoms with van der Waals surface area (Å²) in [6, 6.07) is 8.25. The first-order chi connectivity index (χ1) is 17.2. The molecular weight excluding hydrogens is 462 g/mol. The second kappa shape index (κ2) is 10.6. The van der Waals surface area contributed by atoms with Gasteiger partial charge in [0.25, 0.3) is 0 Å². The maximum atomic E-state index is 5.61. The minimum absolute atomic E-state index is 0.454. The van der Waals surface area contributed by atoms with Gasteiger partial charge in [-0.25, -0.2) is 9.97 Å². The number of ether oxygens (including phenoxy) is 3. The zero-order chi connectivity index (χ0) is 24.2. The predicted octanol–water partition coefficient (Wildman–Crippen LogP) is 5.04. The highest BCUT2D eigenvalue weighted by molar-refractivity contribution is 7.20. The van der Waals surface area contributed by atoms with Gasteiger partial charge >= 0.3 is 0 Å². The third-order valence-corrected chi connectivity index (χ3v) is 7.35. The largest absolute Gasteiger partial charge is 0.499 e. The fourth-order valence-corrected chi connectivity index (χ4v) is 5.47. The number of H-pyrrole nitrogens is 1. The van der Waals surface area contributed by atoms with Crippen LogP contribution in [0.15, 0.2) is 48.4 Å². The maximum absolute atomic E-state index is 5.61. The molecule has 5 rings (SSSR count). The average Bonchev–Trinajstić information content (AvgIpc) is 3.55. The van der Waals surface area contributed by atoms with Crippen LogP contribution in [0.1, 0.15) is 18.2 Å². The Morgan fingerprint density at radius 2 is 2.09 bits per heavy atom. The van der Waals surface area contributed by atoms with Crippen LogP contribution in [-0.2, 0) is 14.2 Å². The van der Waals surface area contributed by atoms with E-state index in [1.165, 1.54) is 10.5 Å². The molecule has 8 nitrogen and oxygen atoms in total. The van der Waals surface area contributed by atoms with E-state index in [0.717, 1.165) is 57.8 Å². The summed E-state index contributed by atoms with van der Waals surface area (Å²) in [5, 5.41) is 8.28. The van der Waals surface area contributed by atoms with E-state index >= 15 is 0 Å². The van der Waals surface area contributed by atoms with Crippen molar-refractivity contribution in [2.24, 2.45) is 0 Å². The molecule has 1 aliphatic heterocycles. The van der Waals surface area contributed by atoms with Crippen molar-refractivity contribution < 1.29 is 14.2 Å². The van der Waals surface area contributed by atoms with E-state index in [9.17, 15) is 0 Å². The SMILES string of the molecule is C/C=C(\C/C=C(\COC)OC)c1cc2nc(-c3cccc4[nH]ncc34)nc(N3CCOCC3)c2s1. The Hall–Kier alpha value is -3.27. The molecule has 1 fully saturated rings. The highest BCUT2D eigenvalue weighted by Gasteiger charge is 2.21. The second-order valence-corrected chi connectivity index (χ2v) is 9.31. The number of rotatable bonds is 8. The predicted molar refractivity (Wildman–Crippen MR) is 141 cm³/mol. The van der Waals surface area contributed by atoms with Crippen molar-refractivity contribution in [3.05, 3.63) is 53.3 Å². The molecule has 35 heavy (non-hydrogen) atoms. The number of aromatic nitrogens is 4. The number of fused-ring (bicyclic) bond motifs is 2. The monoisotopic (exact) mass is 491 g/mol. The lowest BCUT2D eigenvalue weighted by atomic mass is 10.1. The number of thiophene rings is 1. The van der Waals surface area contributed by atoms with Gasteiger partial charge in [0.2, 0.25) is 0 Å². The Kier molecular flexibility index (Phi) is 7.08. The number of nitrogens with zero attached hydrogens (tertiary/aromatic N) is 4. The van der Waals surface area contributed by atoms with Crippen molar-refractivity contribution >= 4 is 43.8 Å². The maximum Gasteiger partial charge on any atom is 0.162 e. The van der Waals surface area contributed by atoms with E-state index in [1.807, 2.05) is 18.3 Å². The van der Waals surface area contributed by atoms with Crippen LogP contribution >= 0.6 is 11.3 Å². The van der Waals surface area contributed by atoms with Gasteiger partial charge in [0.1, 0.15) is 12.4 Å². The molecule has 0 aliphatic carbocycles. The molecule has 182 valence electrons. The Labute approximate surface area is 208 Å². The summed E-state index contributed by atoms with van der Waals surface area (Å²) < 4.78 is 17.4. The van der Waals surface area contributed by atoms with Crippen molar-refractivity contribution in [3.8, 4) is 11.4 Å². The highest BCUT2D eigenvalue weighted by atomic mass is 32.1. The smallest absolute Gasteiger partial charge is 0.162 e. The molecular formula is C26H29N5O3S. The summed E-state index contributed by atoms with van der Waals surface area (Å²) in [6.07, 6.45) is 6.81. The molecule has 4 aromatic rings. The standard InChI is InChI=1S/C26H29N5O3S/c1-4-17(8-9-18(33-3)16-32-2)23-14-22-24(35-23)26(31-10-12-34-13-11-31)29-25(28-22)19-6-5-7-21-20(19)15-27-30-21/h4-7,9,14-15H,8,10-13,16H2,1-3H3,(H,27,30)/b17-4+,18-9+. The number of nitrogens with one attached hydrogen (secondary N) is 1. The first-order valence-corrected chi connectivity index (χ1v) is 12.5. The van der Waals surface area contributed by atoms with Gasteiger partial charge in [-0.2, -0.15) is 5.10 Å². The van der Waals surface area contributed by atoms with Gasteiger partial charge in [-0.3, -0.25) is 5.10 Å². The lowest BCUT2D eigenvalue weighted by molar-refractivity contribution is 0.122. The number of allylic oxidation sites excluding steroid dienone is 3. The first kappa shape index (κ1) is 23.5. The summed E-state index contributed by atoms with van der Waals surface area (Å²) in [6.45, 7) is 5.52. The lowest BCUT2D eigenvalue weighted by Crippen LogP contribution is -2.36. The number of hydrogen-bond acceptors (Lipinski definition) is 8. The first-order valence-electron chi connectivity index (χ1n) is 11.7. The van der Waals surface area contributed by atoms with Gasteiger partial charge in [0.15, 0.2) is 11.6 Å². The zero-order valence-corrected chi connectivity index (χ0v) is 21.0. The number of anilines is 1. The molecule has 3 aromatic heterocycles. The van der Waals surface area contributed by atoms with Crippen molar-refractivity contribution in [1.29, 1.82) is 0 Å². The topological polar surface area (TPSA) is 85.4 Å². The zero-order valence-electron chi connectivity index (χ0n) is 20.2. The third-order valence-electron chi connectivity index (χ3n) is 6.15. The Morgan fingerprint density at radius 3 is 2.86 bits per heavy atom. The Bertz CT molecular complexity index is 1380. The number of morpholine rings is 1. The quantitative estimate of drug-likeness (QED) is 0.346. The summed E-state index contributed by atoms with van der Waals surface area (Å²) >= 11 is 1.74. The normalized spacial score (nSPS) is 15.3. The molecule has 0 bridgehead atoms. The van der Waals surface area contributed by atoms with Crippen molar-refractivity contribution in [2.75, 3.05) is 52.0 Å². The van der Waals surface area contributed by atoms with Crippen LogP contribution in [0, 0.1) is 0 Å². The number of hydrogen-bond donors (Lipinski definition) is 1. The number of aromatic amines is 1. The highest BCUT2D eigenvalue weighted by Crippen LogP contribution is 2.38. The van der Waals surface area contributed by atoms with Crippen LogP contribution in [0.5, 0.6) is 0 Å². The summed E-state index contributed by atoms with van der Waals surface area (Å²) in [4.78, 5) is 13.6. The lowest BCUT2D eigenvalue weighted by Gasteiger charge is -2.28. The van der Waals surface area contributed by atoms with E-state index in [0.29, 0.717) is 25.6 Å². The van der Waals surface area contributed by atoms with E-state index in [2.05, 4.69) is 46.3 Å². The minimum atomic E-state index is 0.454. The second-order valence-electron chi connectivity index (χ2n) is 8.26. The number of methoxy groups -OCH3 is 2. The van der Waals surface area contributed by atoms with Gasteiger partial charge in [-0.05, 0) is 37.1 Å². The van der Waals surface area contributed by atoms with Crippen molar-refractivity contribution in [1.82, 2.24) is 20.2 Å². The minimum Gasteiger partial charge on any atom is -0.499 e. The van der Waals surface area contributed by atoms with Crippen LogP contribution in [0.4, 0.5) is 5.82 Å². The van der Waals surface area contributed by atoms with Gasteiger partial charge < -0.3 is 19.1 Å². The Balaban J connectivity index is 1.60. The van der Waals surface area contributed by atoms with Crippen molar-refractivity contribution in [3.63, 3.8) is 0 Å². The van der Waals surface area contributed by atoms with Crippen LogP contribution < -0.4 is 4.90 Å². The van der Waals surface area contributed by atoms with Crippen molar-refractivity contribution in [2.45, 2.75) is 13.3 Å². The van der Waals surface area contributed by atoms with Gasteiger partial charge in [0, 0.05) is 36.0 Å². The third kappa shape index (κ3) is 4.80. The summed E-state index contributed by atoms with van der Waals surface area (Å²) in [7, 11) is 3.34. The van der Waals surface area contributed by atoms with Gasteiger partial charge in [-0.15, -0.1) is 11.3 Å². The average molecular weight is 492 g/mol. The van der Waals surface area contributed by atoms with Crippen LogP contribution in [0.2, 0.25) is 0 Å². The molecule has 1 aliphatic rings. The van der Waals surface area contributed by atoms with Crippen LogP contribution in [0.25, 0.3) is 38.1 Å². The number of benzene rings is 1. The Morgan fingerprint density at radius 1 is 1.23 bits per heavy atom. The summed E-state index contributed by atoms with van der Waals surface area (Å²) in [5.41, 5.74) is 4.10. The molecule has 1 N–H and O–H groups in total. The molecule has 0 atom stereocenters. The van der Waals surface area contributed by atoms with Crippen LogP contribution in [0.3, 0.4) is 0 Å². The molecule has 9 heteroatoms. The summed E-state index contributed by atoms with van der Waals surface area (Å²) in [5.74, 6) is 2.49. The molecule has 0 saturated carbocycles. The molecule has 1 saturated heterocycles. The fraction of sp³-hybridized carbons (Fsp3) is 0.346. The fourth-order valence-electron chi connectivity index (χ4n) is 4.27. The molecule has 1 aromatic carbocycles. The van der Waals surface area contributed by atoms with E-state index in [-0.39, 0.29) is 0 Å². The molecule has 0 radical (unpaired) electrons. The molecule has 0 spiro atoms.